The van der Waals surface area contributed by atoms with Crippen LogP contribution in [-0.4, -0.2) is 44.7 Å². The minimum absolute atomic E-state index is 0.153. The van der Waals surface area contributed by atoms with Crippen LogP contribution in [0, 0.1) is 5.82 Å². The molecule has 178 valence electrons. The number of benzene rings is 1. The molecule has 34 heavy (non-hydrogen) atoms. The van der Waals surface area contributed by atoms with Crippen molar-refractivity contribution < 1.29 is 18.6 Å². The normalized spacial score (nSPS) is 19.4. The third-order valence-corrected chi connectivity index (χ3v) is 7.11. The quantitative estimate of drug-likeness (QED) is 0.361. The van der Waals surface area contributed by atoms with E-state index in [4.69, 9.17) is 16.3 Å². The minimum atomic E-state index is -0.833. The summed E-state index contributed by atoms with van der Waals surface area (Å²) >= 11 is 6.26. The van der Waals surface area contributed by atoms with E-state index in [2.05, 4.69) is 15.1 Å². The Morgan fingerprint density at radius 1 is 1.24 bits per heavy atom. The van der Waals surface area contributed by atoms with Crippen LogP contribution in [-0.2, 0) is 0 Å². The molecular formula is C25H25ClF2N4O2. The number of aliphatic hydroxyl groups is 1. The maximum absolute atomic E-state index is 14.4. The largest absolute Gasteiger partial charge is 0.496 e. The number of nitrogens with one attached hydrogen (secondary N) is 1. The highest BCUT2D eigenvalue weighted by atomic mass is 35.5. The van der Waals surface area contributed by atoms with E-state index < -0.39 is 18.4 Å². The van der Waals surface area contributed by atoms with Gasteiger partial charge in [-0.15, -0.1) is 0 Å². The number of halogens is 3. The topological polar surface area (TPSA) is 76.0 Å². The highest BCUT2D eigenvalue weighted by Crippen LogP contribution is 2.41. The van der Waals surface area contributed by atoms with Gasteiger partial charge in [0.15, 0.2) is 0 Å². The van der Waals surface area contributed by atoms with Gasteiger partial charge in [-0.1, -0.05) is 11.6 Å². The molecule has 1 saturated carbocycles. The first-order chi connectivity index (χ1) is 16.5. The van der Waals surface area contributed by atoms with Crippen LogP contribution in [0.2, 0.25) is 5.02 Å². The van der Waals surface area contributed by atoms with Crippen molar-refractivity contribution in [2.75, 3.05) is 13.8 Å². The van der Waals surface area contributed by atoms with Crippen LogP contribution in [0.15, 0.2) is 43.0 Å². The Labute approximate surface area is 200 Å². The number of alkyl halides is 1. The molecule has 3 heterocycles. The summed E-state index contributed by atoms with van der Waals surface area (Å²) in [5.41, 5.74) is 3.21. The number of aromatic amines is 1. The molecule has 0 aliphatic heterocycles. The molecule has 1 atom stereocenters. The van der Waals surface area contributed by atoms with Gasteiger partial charge in [0, 0.05) is 46.6 Å². The van der Waals surface area contributed by atoms with Gasteiger partial charge in [-0.25, -0.2) is 9.37 Å². The molecule has 6 nitrogen and oxygen atoms in total. The SMILES string of the molecule is COc1ccc(F)c(Cl)c1C(CF)c1c[nH]c2ncc(-c3cnn([C@H]4CC[C@H](O)CC4)c3)cc12. The third-order valence-electron chi connectivity index (χ3n) is 6.73. The number of aromatic nitrogens is 4. The molecule has 9 heteroatoms. The molecule has 0 radical (unpaired) electrons. The molecule has 0 amide bonds. The average Bonchev–Trinajstić information content (AvgIpc) is 3.50. The van der Waals surface area contributed by atoms with Crippen molar-refractivity contribution >= 4 is 22.6 Å². The molecule has 2 N–H and O–H groups in total. The van der Waals surface area contributed by atoms with Gasteiger partial charge in [0.2, 0.25) is 0 Å². The summed E-state index contributed by atoms with van der Waals surface area (Å²) < 4.78 is 36.0. The number of pyridine rings is 1. The zero-order valence-electron chi connectivity index (χ0n) is 18.6. The highest BCUT2D eigenvalue weighted by molar-refractivity contribution is 6.31. The molecule has 0 spiro atoms. The van der Waals surface area contributed by atoms with Crippen LogP contribution in [0.4, 0.5) is 8.78 Å². The van der Waals surface area contributed by atoms with Crippen LogP contribution >= 0.6 is 11.6 Å². The van der Waals surface area contributed by atoms with Crippen molar-refractivity contribution in [3.63, 3.8) is 0 Å². The lowest BCUT2D eigenvalue weighted by atomic mass is 9.91. The average molecular weight is 487 g/mol. The lowest BCUT2D eigenvalue weighted by molar-refractivity contribution is 0.108. The Balaban J connectivity index is 1.53. The van der Waals surface area contributed by atoms with Crippen LogP contribution in [0.5, 0.6) is 5.75 Å². The summed E-state index contributed by atoms with van der Waals surface area (Å²) in [7, 11) is 1.45. The number of ether oxygens (including phenoxy) is 1. The van der Waals surface area contributed by atoms with Gasteiger partial charge in [0.05, 0.1) is 30.5 Å². The van der Waals surface area contributed by atoms with Gasteiger partial charge in [0.1, 0.15) is 23.9 Å². The first kappa shape index (κ1) is 22.8. The molecule has 0 bridgehead atoms. The van der Waals surface area contributed by atoms with Crippen LogP contribution < -0.4 is 4.74 Å². The fourth-order valence-corrected chi connectivity index (χ4v) is 5.13. The Bertz CT molecular complexity index is 1310. The van der Waals surface area contributed by atoms with Crippen molar-refractivity contribution in [1.29, 1.82) is 0 Å². The lowest BCUT2D eigenvalue weighted by Crippen LogP contribution is -2.21. The predicted octanol–water partition coefficient (Wildman–Crippen LogP) is 5.80. The number of hydrogen-bond donors (Lipinski definition) is 2. The van der Waals surface area contributed by atoms with Crippen molar-refractivity contribution in [1.82, 2.24) is 19.7 Å². The monoisotopic (exact) mass is 486 g/mol. The second-order valence-electron chi connectivity index (χ2n) is 8.72. The number of hydrogen-bond acceptors (Lipinski definition) is 4. The van der Waals surface area contributed by atoms with Crippen molar-refractivity contribution in [3.05, 3.63) is 65.0 Å². The number of nitrogens with zero attached hydrogens (tertiary/aromatic N) is 3. The first-order valence-electron chi connectivity index (χ1n) is 11.3. The van der Waals surface area contributed by atoms with Crippen LogP contribution in [0.1, 0.15) is 48.8 Å². The number of H-pyrrole nitrogens is 1. The molecule has 1 fully saturated rings. The Kier molecular flexibility index (Phi) is 6.27. The second-order valence-corrected chi connectivity index (χ2v) is 9.10. The standard InChI is InChI=1S/C25H25ClF2N4O2/c1-34-22-7-6-21(28)24(26)23(22)19(9-27)20-12-30-25-18(20)8-14(10-29-25)15-11-31-32(13-15)16-2-4-17(33)5-3-16/h6-8,10-13,16-17,19,33H,2-5,9H2,1H3,(H,29,30)/t16-,17-,19?. The van der Waals surface area contributed by atoms with E-state index in [0.29, 0.717) is 17.0 Å². The molecule has 1 aromatic carbocycles. The van der Waals surface area contributed by atoms with Gasteiger partial charge in [0.25, 0.3) is 0 Å². The number of methoxy groups -OCH3 is 1. The fraction of sp³-hybridized carbons (Fsp3) is 0.360. The molecule has 1 aliphatic rings. The molecule has 4 aromatic rings. The van der Waals surface area contributed by atoms with Gasteiger partial charge >= 0.3 is 0 Å². The van der Waals surface area contributed by atoms with E-state index in [9.17, 15) is 13.9 Å². The lowest BCUT2D eigenvalue weighted by Gasteiger charge is -2.25. The third kappa shape index (κ3) is 4.05. The molecule has 1 aliphatic carbocycles. The minimum Gasteiger partial charge on any atom is -0.496 e. The number of rotatable bonds is 6. The Morgan fingerprint density at radius 3 is 2.76 bits per heavy atom. The highest BCUT2D eigenvalue weighted by Gasteiger charge is 2.27. The smallest absolute Gasteiger partial charge is 0.142 e. The summed E-state index contributed by atoms with van der Waals surface area (Å²) in [6, 6.07) is 4.86. The van der Waals surface area contributed by atoms with Gasteiger partial charge in [-0.2, -0.15) is 5.10 Å². The van der Waals surface area contributed by atoms with Crippen molar-refractivity contribution in [2.24, 2.45) is 0 Å². The summed E-state index contributed by atoms with van der Waals surface area (Å²) in [5, 5.41) is 14.9. The van der Waals surface area contributed by atoms with Gasteiger partial charge in [-0.3, -0.25) is 9.07 Å². The van der Waals surface area contributed by atoms with E-state index in [-0.39, 0.29) is 22.7 Å². The molecule has 5 rings (SSSR count). The maximum Gasteiger partial charge on any atom is 0.142 e. The van der Waals surface area contributed by atoms with E-state index >= 15 is 0 Å². The predicted molar refractivity (Wildman–Crippen MR) is 127 cm³/mol. The summed E-state index contributed by atoms with van der Waals surface area (Å²) in [6.45, 7) is -0.790. The Hall–Kier alpha value is -2.97. The number of aliphatic hydroxyl groups excluding tert-OH is 1. The maximum atomic E-state index is 14.4. The van der Waals surface area contributed by atoms with Gasteiger partial charge < -0.3 is 14.8 Å². The summed E-state index contributed by atoms with van der Waals surface area (Å²) in [6.07, 6.45) is 10.3. The first-order valence-corrected chi connectivity index (χ1v) is 11.7. The molecule has 3 aromatic heterocycles. The molecular weight excluding hydrogens is 462 g/mol. The van der Waals surface area contributed by atoms with E-state index in [1.165, 1.54) is 19.2 Å². The number of fused-ring (bicyclic) bond motifs is 1. The van der Waals surface area contributed by atoms with E-state index in [1.807, 2.05) is 16.9 Å². The summed E-state index contributed by atoms with van der Waals surface area (Å²) in [4.78, 5) is 7.60. The van der Waals surface area contributed by atoms with Crippen LogP contribution in [0.3, 0.4) is 0 Å². The molecule has 0 saturated heterocycles. The van der Waals surface area contributed by atoms with E-state index in [0.717, 1.165) is 42.2 Å². The summed E-state index contributed by atoms with van der Waals surface area (Å²) in [5.74, 6) is -1.14. The fourth-order valence-electron chi connectivity index (χ4n) is 4.85. The second kappa shape index (κ2) is 9.35. The van der Waals surface area contributed by atoms with Gasteiger partial charge in [-0.05, 0) is 49.4 Å². The molecule has 1 unspecified atom stereocenters. The van der Waals surface area contributed by atoms with Crippen molar-refractivity contribution in [3.8, 4) is 16.9 Å². The Morgan fingerprint density at radius 2 is 2.03 bits per heavy atom. The van der Waals surface area contributed by atoms with Crippen molar-refractivity contribution in [2.45, 2.75) is 43.7 Å². The zero-order valence-corrected chi connectivity index (χ0v) is 19.4. The van der Waals surface area contributed by atoms with E-state index in [1.54, 1.807) is 18.6 Å². The van der Waals surface area contributed by atoms with Crippen LogP contribution in [0.25, 0.3) is 22.2 Å². The zero-order chi connectivity index (χ0) is 23.8.